The molecule has 0 heterocycles. The molecule has 0 aliphatic heterocycles. The molecular weight excluding hydrogens is 294 g/mol. The van der Waals surface area contributed by atoms with Crippen LogP contribution in [-0.2, 0) is 12.1 Å². The van der Waals surface area contributed by atoms with Crippen molar-refractivity contribution >= 4 is 0 Å². The second kappa shape index (κ2) is 7.66. The van der Waals surface area contributed by atoms with Crippen molar-refractivity contribution in [1.29, 1.82) is 0 Å². The van der Waals surface area contributed by atoms with Crippen molar-refractivity contribution in [2.24, 2.45) is 0 Å². The smallest absolute Gasteiger partial charge is 0.148 e. The minimum Gasteiger partial charge on any atom is -0.374 e. The fourth-order valence-corrected chi connectivity index (χ4v) is 2.48. The van der Waals surface area contributed by atoms with Gasteiger partial charge in [-0.2, -0.15) is 0 Å². The molecule has 0 bridgehead atoms. The summed E-state index contributed by atoms with van der Waals surface area (Å²) in [5.41, 5.74) is 0.965. The predicted octanol–water partition coefficient (Wildman–Crippen LogP) is 4.20. The van der Waals surface area contributed by atoms with Crippen LogP contribution in [0.15, 0.2) is 60.7 Å². The number of nitrogens with zero attached hydrogens (tertiary/aromatic N) is 1. The van der Waals surface area contributed by atoms with Gasteiger partial charge in [0.05, 0.1) is 6.54 Å². The zero-order chi connectivity index (χ0) is 17.6. The van der Waals surface area contributed by atoms with E-state index in [9.17, 15) is 5.11 Å². The van der Waals surface area contributed by atoms with E-state index in [4.69, 9.17) is 0 Å². The predicted molar refractivity (Wildman–Crippen MR) is 100 cm³/mol. The molecule has 0 aromatic heterocycles. The number of hydrogen-bond donors (Lipinski definition) is 1. The largest absolute Gasteiger partial charge is 0.374 e. The molecule has 2 nitrogen and oxygen atoms in total. The van der Waals surface area contributed by atoms with Crippen LogP contribution in [0.1, 0.15) is 38.8 Å². The molecule has 0 fully saturated rings. The highest BCUT2D eigenvalue weighted by molar-refractivity contribution is 5.30. The van der Waals surface area contributed by atoms with E-state index in [1.165, 1.54) is 5.56 Å². The average molecular weight is 321 g/mol. The van der Waals surface area contributed by atoms with E-state index in [-0.39, 0.29) is 5.54 Å². The van der Waals surface area contributed by atoms with Crippen molar-refractivity contribution in [3.8, 4) is 11.8 Å². The minimum absolute atomic E-state index is 0.00310. The summed E-state index contributed by atoms with van der Waals surface area (Å²) in [6, 6.07) is 20.0. The lowest BCUT2D eigenvalue weighted by atomic mass is 9.97. The quantitative estimate of drug-likeness (QED) is 0.853. The van der Waals surface area contributed by atoms with Gasteiger partial charge in [-0.1, -0.05) is 72.5 Å². The molecule has 0 saturated heterocycles. The zero-order valence-corrected chi connectivity index (χ0v) is 15.1. The van der Waals surface area contributed by atoms with Gasteiger partial charge >= 0.3 is 0 Å². The molecule has 0 amide bonds. The summed E-state index contributed by atoms with van der Waals surface area (Å²) in [4.78, 5) is 2.32. The third-order valence-corrected chi connectivity index (χ3v) is 4.10. The van der Waals surface area contributed by atoms with Gasteiger partial charge in [0.1, 0.15) is 5.60 Å². The van der Waals surface area contributed by atoms with E-state index in [1.54, 1.807) is 6.92 Å². The van der Waals surface area contributed by atoms with Crippen LogP contribution in [0.5, 0.6) is 0 Å². The third kappa shape index (κ3) is 5.23. The summed E-state index contributed by atoms with van der Waals surface area (Å²) in [6.45, 7) is 9.76. The molecule has 0 spiro atoms. The molecule has 2 aromatic carbocycles. The van der Waals surface area contributed by atoms with Crippen LogP contribution in [0, 0.1) is 11.8 Å². The zero-order valence-electron chi connectivity index (χ0n) is 15.1. The molecule has 2 aromatic rings. The number of hydrogen-bond acceptors (Lipinski definition) is 2. The van der Waals surface area contributed by atoms with E-state index < -0.39 is 5.60 Å². The van der Waals surface area contributed by atoms with Gasteiger partial charge in [-0.15, -0.1) is 0 Å². The Kier molecular flexibility index (Phi) is 5.83. The van der Waals surface area contributed by atoms with Crippen molar-refractivity contribution < 1.29 is 5.11 Å². The van der Waals surface area contributed by atoms with Crippen LogP contribution in [-0.4, -0.2) is 22.1 Å². The summed E-state index contributed by atoms with van der Waals surface area (Å²) in [6.07, 6.45) is 0. The highest BCUT2D eigenvalue weighted by Gasteiger charge is 2.22. The van der Waals surface area contributed by atoms with Gasteiger partial charge in [-0.25, -0.2) is 0 Å². The monoisotopic (exact) mass is 321 g/mol. The SMILES string of the molecule is CC(C)(C)N(CC#C[C@@](C)(O)c1ccccc1)Cc1ccccc1. The van der Waals surface area contributed by atoms with E-state index in [0.29, 0.717) is 6.54 Å². The standard InChI is InChI=1S/C22H27NO/c1-21(2,3)23(18-19-12-7-5-8-13-19)17-11-16-22(4,24)20-14-9-6-10-15-20/h5-10,12-15,24H,17-18H2,1-4H3/t22-/m1/s1. The second-order valence-corrected chi connectivity index (χ2v) is 7.25. The van der Waals surface area contributed by atoms with Crippen molar-refractivity contribution in [3.63, 3.8) is 0 Å². The maximum absolute atomic E-state index is 10.6. The van der Waals surface area contributed by atoms with Gasteiger partial charge in [-0.3, -0.25) is 4.90 Å². The Labute approximate surface area is 146 Å². The van der Waals surface area contributed by atoms with Gasteiger partial charge in [-0.05, 0) is 38.8 Å². The van der Waals surface area contributed by atoms with E-state index in [2.05, 4.69) is 61.8 Å². The minimum atomic E-state index is -1.13. The molecule has 2 heteroatoms. The molecule has 0 radical (unpaired) electrons. The maximum atomic E-state index is 10.6. The Bertz CT molecular complexity index is 687. The Balaban J connectivity index is 2.11. The van der Waals surface area contributed by atoms with Gasteiger partial charge in [0.15, 0.2) is 0 Å². The van der Waals surface area contributed by atoms with Gasteiger partial charge in [0.2, 0.25) is 0 Å². The van der Waals surface area contributed by atoms with E-state index in [0.717, 1.165) is 12.1 Å². The number of benzene rings is 2. The van der Waals surface area contributed by atoms with Gasteiger partial charge in [0, 0.05) is 12.1 Å². The Hall–Kier alpha value is -2.08. The first-order chi connectivity index (χ1) is 11.3. The topological polar surface area (TPSA) is 23.5 Å². The summed E-state index contributed by atoms with van der Waals surface area (Å²) < 4.78 is 0. The molecule has 1 atom stereocenters. The molecule has 0 saturated carbocycles. The summed E-state index contributed by atoms with van der Waals surface area (Å²) in [5, 5.41) is 10.6. The summed E-state index contributed by atoms with van der Waals surface area (Å²) in [5.74, 6) is 6.20. The van der Waals surface area contributed by atoms with Crippen LogP contribution in [0.2, 0.25) is 0 Å². The fraction of sp³-hybridized carbons (Fsp3) is 0.364. The van der Waals surface area contributed by atoms with E-state index >= 15 is 0 Å². The molecule has 24 heavy (non-hydrogen) atoms. The van der Waals surface area contributed by atoms with Crippen molar-refractivity contribution in [2.45, 2.75) is 45.4 Å². The molecule has 0 unspecified atom stereocenters. The first kappa shape index (κ1) is 18.3. The van der Waals surface area contributed by atoms with Crippen LogP contribution >= 0.6 is 0 Å². The van der Waals surface area contributed by atoms with Crippen LogP contribution in [0.25, 0.3) is 0 Å². The Morgan fingerprint density at radius 2 is 1.42 bits per heavy atom. The van der Waals surface area contributed by atoms with Crippen molar-refractivity contribution in [3.05, 3.63) is 71.8 Å². The highest BCUT2D eigenvalue weighted by Crippen LogP contribution is 2.20. The van der Waals surface area contributed by atoms with Crippen LogP contribution < -0.4 is 0 Å². The average Bonchev–Trinajstić information content (AvgIpc) is 2.55. The van der Waals surface area contributed by atoms with Crippen molar-refractivity contribution in [1.82, 2.24) is 4.90 Å². The van der Waals surface area contributed by atoms with Crippen molar-refractivity contribution in [2.75, 3.05) is 6.54 Å². The number of rotatable bonds is 4. The molecule has 1 N–H and O–H groups in total. The fourth-order valence-electron chi connectivity index (χ4n) is 2.48. The number of aliphatic hydroxyl groups is 1. The molecule has 126 valence electrons. The molecule has 2 rings (SSSR count). The first-order valence-corrected chi connectivity index (χ1v) is 8.36. The third-order valence-electron chi connectivity index (χ3n) is 4.10. The lowest BCUT2D eigenvalue weighted by Gasteiger charge is -2.34. The lowest BCUT2D eigenvalue weighted by molar-refractivity contribution is 0.120. The summed E-state index contributed by atoms with van der Waals surface area (Å²) in [7, 11) is 0. The lowest BCUT2D eigenvalue weighted by Crippen LogP contribution is -2.41. The van der Waals surface area contributed by atoms with Crippen LogP contribution in [0.3, 0.4) is 0 Å². The molecular formula is C22H27NO. The first-order valence-electron chi connectivity index (χ1n) is 8.36. The summed E-state index contributed by atoms with van der Waals surface area (Å²) >= 11 is 0. The van der Waals surface area contributed by atoms with Crippen LogP contribution in [0.4, 0.5) is 0 Å². The second-order valence-electron chi connectivity index (χ2n) is 7.25. The normalized spacial score (nSPS) is 13.9. The van der Waals surface area contributed by atoms with E-state index in [1.807, 2.05) is 36.4 Å². The Morgan fingerprint density at radius 1 is 0.875 bits per heavy atom. The van der Waals surface area contributed by atoms with Gasteiger partial charge in [0.25, 0.3) is 0 Å². The molecule has 0 aliphatic carbocycles. The van der Waals surface area contributed by atoms with Gasteiger partial charge < -0.3 is 5.11 Å². The Morgan fingerprint density at radius 3 is 1.96 bits per heavy atom. The maximum Gasteiger partial charge on any atom is 0.148 e. The molecule has 0 aliphatic rings. The highest BCUT2D eigenvalue weighted by atomic mass is 16.3.